The molecule has 1 aromatic carbocycles. The molecule has 0 spiro atoms. The van der Waals surface area contributed by atoms with Crippen molar-refractivity contribution in [3.63, 3.8) is 0 Å². The van der Waals surface area contributed by atoms with Gasteiger partial charge in [-0.2, -0.15) is 0 Å². The second-order valence-corrected chi connectivity index (χ2v) is 7.12. The minimum Gasteiger partial charge on any atom is -0.483 e. The number of aliphatic hydroxyl groups excluding tert-OH is 1. The first-order valence-electron chi connectivity index (χ1n) is 8.86. The van der Waals surface area contributed by atoms with E-state index in [9.17, 15) is 19.7 Å². The molecular weight excluding hydrogens is 382 g/mol. The lowest BCUT2D eigenvalue weighted by Crippen LogP contribution is -2.31. The van der Waals surface area contributed by atoms with Gasteiger partial charge in [-0.3, -0.25) is 14.9 Å². The monoisotopic (exact) mass is 403 g/mol. The molecule has 2 aliphatic heterocycles. The number of hydrogen-bond donors (Lipinski definition) is 2. The minimum atomic E-state index is -0.730. The number of β-amino-alcohol motifs (C(OH)–C–C–N with tert-alkyl or cyclic N) is 1. The third-order valence-corrected chi connectivity index (χ3v) is 4.58. The van der Waals surface area contributed by atoms with E-state index in [-0.39, 0.29) is 42.3 Å². The van der Waals surface area contributed by atoms with Gasteiger partial charge in [0.15, 0.2) is 0 Å². The normalized spacial score (nSPS) is 17.1. The number of fused-ring (bicyclic) bond motifs is 1. The first kappa shape index (κ1) is 20.3. The van der Waals surface area contributed by atoms with Gasteiger partial charge in [-0.15, -0.1) is 0 Å². The summed E-state index contributed by atoms with van der Waals surface area (Å²) in [6.07, 6.45) is 3.59. The van der Waals surface area contributed by atoms with Crippen LogP contribution in [0.25, 0.3) is 6.08 Å². The van der Waals surface area contributed by atoms with E-state index in [4.69, 9.17) is 14.6 Å². The summed E-state index contributed by atoms with van der Waals surface area (Å²) in [5, 5.41) is 23.5. The zero-order valence-corrected chi connectivity index (χ0v) is 16.2. The second kappa shape index (κ2) is 7.55. The fraction of sp³-hybridized carbons (Fsp3) is 0.368. The summed E-state index contributed by atoms with van der Waals surface area (Å²) in [5.41, 5.74) is -0.365. The number of nitrogens with one attached hydrogen (secondary N) is 1. The molecule has 0 aliphatic carbocycles. The molecule has 2 aliphatic rings. The summed E-state index contributed by atoms with van der Waals surface area (Å²) < 4.78 is 10.5. The van der Waals surface area contributed by atoms with Crippen molar-refractivity contribution in [3.8, 4) is 5.75 Å². The quantitative estimate of drug-likeness (QED) is 0.415. The first-order valence-corrected chi connectivity index (χ1v) is 8.86. The van der Waals surface area contributed by atoms with Crippen molar-refractivity contribution in [2.24, 2.45) is 0 Å². The van der Waals surface area contributed by atoms with Crippen LogP contribution in [-0.2, 0) is 14.3 Å². The zero-order chi connectivity index (χ0) is 21.3. The second-order valence-electron chi connectivity index (χ2n) is 7.12. The van der Waals surface area contributed by atoms with E-state index in [1.807, 2.05) is 19.9 Å². The highest BCUT2D eigenvalue weighted by molar-refractivity contribution is 6.09. The fourth-order valence-corrected chi connectivity index (χ4v) is 3.15. The van der Waals surface area contributed by atoms with Gasteiger partial charge in [-0.05, 0) is 26.0 Å². The van der Waals surface area contributed by atoms with Crippen molar-refractivity contribution in [2.75, 3.05) is 32.1 Å². The molecule has 0 bridgehead atoms. The molecule has 29 heavy (non-hydrogen) atoms. The number of benzene rings is 1. The third-order valence-electron chi connectivity index (χ3n) is 4.58. The number of aliphatic hydroxyl groups is 1. The molecular formula is C19H21N3O7. The number of nitro groups is 1. The Morgan fingerprint density at radius 1 is 1.45 bits per heavy atom. The number of hydrogen-bond acceptors (Lipinski definition) is 8. The number of carbonyl (C=O) groups is 2. The van der Waals surface area contributed by atoms with Gasteiger partial charge in [0.1, 0.15) is 22.7 Å². The molecule has 2 heterocycles. The molecule has 2 N–H and O–H groups in total. The lowest BCUT2D eigenvalue weighted by Gasteiger charge is -2.28. The summed E-state index contributed by atoms with van der Waals surface area (Å²) in [6.45, 7) is 3.31. The molecule has 0 fully saturated rings. The number of anilines is 1. The van der Waals surface area contributed by atoms with Crippen LogP contribution < -0.4 is 10.1 Å². The Kier molecular flexibility index (Phi) is 5.29. The fourth-order valence-electron chi connectivity index (χ4n) is 3.15. The van der Waals surface area contributed by atoms with Gasteiger partial charge in [-0.1, -0.05) is 6.08 Å². The van der Waals surface area contributed by atoms with Gasteiger partial charge in [0.25, 0.3) is 11.6 Å². The maximum atomic E-state index is 12.7. The first-order chi connectivity index (χ1) is 13.7. The Morgan fingerprint density at radius 3 is 2.79 bits per heavy atom. The smallest absolute Gasteiger partial charge is 0.337 e. The van der Waals surface area contributed by atoms with Crippen molar-refractivity contribution < 1.29 is 29.1 Å². The molecule has 1 amide bonds. The van der Waals surface area contributed by atoms with E-state index in [2.05, 4.69) is 5.32 Å². The Labute approximate surface area is 166 Å². The molecule has 0 atom stereocenters. The van der Waals surface area contributed by atoms with Crippen molar-refractivity contribution >= 4 is 29.3 Å². The topological polar surface area (TPSA) is 131 Å². The van der Waals surface area contributed by atoms with Gasteiger partial charge >= 0.3 is 5.97 Å². The van der Waals surface area contributed by atoms with Crippen LogP contribution in [0.1, 0.15) is 19.4 Å². The van der Waals surface area contributed by atoms with Crippen LogP contribution in [-0.4, -0.2) is 59.2 Å². The SMILES string of the molecule is COC(=O)C1=C(Nc2cc3c(cc2[N+](=O)[O-])OC(C)(C)C=C3)C(=O)N(CCO)C1. The Balaban J connectivity index is 2.05. The number of amides is 1. The Hall–Kier alpha value is -3.40. The highest BCUT2D eigenvalue weighted by Crippen LogP contribution is 2.39. The van der Waals surface area contributed by atoms with Crippen molar-refractivity contribution in [1.82, 2.24) is 4.90 Å². The van der Waals surface area contributed by atoms with Crippen LogP contribution in [0.2, 0.25) is 0 Å². The molecule has 0 unspecified atom stereocenters. The van der Waals surface area contributed by atoms with Crippen LogP contribution in [0.15, 0.2) is 29.5 Å². The highest BCUT2D eigenvalue weighted by Gasteiger charge is 2.36. The van der Waals surface area contributed by atoms with Crippen LogP contribution in [0.4, 0.5) is 11.4 Å². The molecule has 0 aromatic heterocycles. The molecule has 10 heteroatoms. The van der Waals surface area contributed by atoms with Crippen LogP contribution in [0, 0.1) is 10.1 Å². The van der Waals surface area contributed by atoms with Crippen LogP contribution >= 0.6 is 0 Å². The lowest BCUT2D eigenvalue weighted by molar-refractivity contribution is -0.384. The molecule has 1 aromatic rings. The molecule has 3 rings (SSSR count). The molecule has 10 nitrogen and oxygen atoms in total. The van der Waals surface area contributed by atoms with Crippen LogP contribution in [0.5, 0.6) is 5.75 Å². The summed E-state index contributed by atoms with van der Waals surface area (Å²) in [7, 11) is 1.18. The number of carbonyl (C=O) groups excluding carboxylic acids is 2. The number of nitrogens with zero attached hydrogens (tertiary/aromatic N) is 2. The predicted molar refractivity (Wildman–Crippen MR) is 103 cm³/mol. The van der Waals surface area contributed by atoms with Crippen molar-refractivity contribution in [2.45, 2.75) is 19.4 Å². The number of methoxy groups -OCH3 is 1. The van der Waals surface area contributed by atoms with E-state index >= 15 is 0 Å². The van der Waals surface area contributed by atoms with E-state index in [0.29, 0.717) is 11.3 Å². The average molecular weight is 403 g/mol. The summed E-state index contributed by atoms with van der Waals surface area (Å²) in [4.78, 5) is 37.0. The summed E-state index contributed by atoms with van der Waals surface area (Å²) >= 11 is 0. The molecule has 0 saturated carbocycles. The predicted octanol–water partition coefficient (Wildman–Crippen LogP) is 1.45. The maximum Gasteiger partial charge on any atom is 0.337 e. The van der Waals surface area contributed by atoms with Crippen LogP contribution in [0.3, 0.4) is 0 Å². The lowest BCUT2D eigenvalue weighted by atomic mass is 10.0. The number of esters is 1. The third kappa shape index (κ3) is 3.92. The molecule has 0 saturated heterocycles. The molecule has 0 radical (unpaired) electrons. The summed E-state index contributed by atoms with van der Waals surface area (Å²) in [6, 6.07) is 2.77. The van der Waals surface area contributed by atoms with E-state index < -0.39 is 22.4 Å². The van der Waals surface area contributed by atoms with E-state index in [1.54, 1.807) is 6.08 Å². The Morgan fingerprint density at radius 2 is 2.17 bits per heavy atom. The highest BCUT2D eigenvalue weighted by atomic mass is 16.6. The number of rotatable bonds is 6. The minimum absolute atomic E-state index is 0.0163. The van der Waals surface area contributed by atoms with E-state index in [0.717, 1.165) is 0 Å². The standard InChI is InChI=1S/C19H21N3O7/c1-19(2)5-4-11-8-13(14(22(26)27)9-15(11)29-19)20-16-12(18(25)28-3)10-21(6-7-23)17(16)24/h4-5,8-9,20,23H,6-7,10H2,1-3H3. The van der Waals surface area contributed by atoms with Gasteiger partial charge in [-0.25, -0.2) is 4.79 Å². The maximum absolute atomic E-state index is 12.7. The van der Waals surface area contributed by atoms with Crippen molar-refractivity contribution in [3.05, 3.63) is 45.2 Å². The number of ether oxygens (including phenoxy) is 2. The zero-order valence-electron chi connectivity index (χ0n) is 16.2. The van der Waals surface area contributed by atoms with Crippen molar-refractivity contribution in [1.29, 1.82) is 0 Å². The average Bonchev–Trinajstić information content (AvgIpc) is 2.96. The molecule has 154 valence electrons. The van der Waals surface area contributed by atoms with Gasteiger partial charge in [0, 0.05) is 12.1 Å². The Bertz CT molecular complexity index is 949. The summed E-state index contributed by atoms with van der Waals surface area (Å²) in [5.74, 6) is -0.942. The van der Waals surface area contributed by atoms with E-state index in [1.165, 1.54) is 24.1 Å². The largest absolute Gasteiger partial charge is 0.483 e. The van der Waals surface area contributed by atoms with Gasteiger partial charge < -0.3 is 24.8 Å². The number of nitro benzene ring substituents is 1. The van der Waals surface area contributed by atoms with Gasteiger partial charge in [0.05, 0.1) is 36.8 Å². The van der Waals surface area contributed by atoms with Gasteiger partial charge in [0.2, 0.25) is 0 Å².